The van der Waals surface area contributed by atoms with Crippen LogP contribution in [0.4, 0.5) is 13.2 Å². The Morgan fingerprint density at radius 2 is 1.63 bits per heavy atom. The van der Waals surface area contributed by atoms with Gasteiger partial charge in [0.15, 0.2) is 0 Å². The molecule has 0 saturated heterocycles. The Labute approximate surface area is 236 Å². The highest BCUT2D eigenvalue weighted by Gasteiger charge is 2.30. The van der Waals surface area contributed by atoms with E-state index in [1.807, 2.05) is 67.1 Å². The van der Waals surface area contributed by atoms with E-state index < -0.39 is 17.8 Å². The average Bonchev–Trinajstić information content (AvgIpc) is 3.35. The van der Waals surface area contributed by atoms with Crippen molar-refractivity contribution < 1.29 is 17.9 Å². The molecule has 0 radical (unpaired) electrons. The molecule has 0 spiro atoms. The molecule has 0 saturated carbocycles. The van der Waals surface area contributed by atoms with Crippen molar-refractivity contribution in [1.29, 1.82) is 0 Å². The van der Waals surface area contributed by atoms with Gasteiger partial charge in [-0.2, -0.15) is 13.2 Å². The lowest BCUT2D eigenvalue weighted by atomic mass is 10.1. The summed E-state index contributed by atoms with van der Waals surface area (Å²) in [5.41, 5.74) is 1.92. The first-order valence-corrected chi connectivity index (χ1v) is 13.7. The van der Waals surface area contributed by atoms with Gasteiger partial charge in [0.2, 0.25) is 0 Å². The van der Waals surface area contributed by atoms with Gasteiger partial charge in [0.25, 0.3) is 5.56 Å². The van der Waals surface area contributed by atoms with E-state index in [9.17, 15) is 18.0 Å². The molecule has 6 nitrogen and oxygen atoms in total. The Balaban J connectivity index is 1.62. The summed E-state index contributed by atoms with van der Waals surface area (Å²) in [6.45, 7) is 6.45. The number of benzene rings is 3. The van der Waals surface area contributed by atoms with Crippen molar-refractivity contribution in [3.63, 3.8) is 0 Å². The highest BCUT2D eigenvalue weighted by Crippen LogP contribution is 2.30. The number of halogens is 3. The summed E-state index contributed by atoms with van der Waals surface area (Å²) >= 11 is 0. The predicted octanol–water partition coefficient (Wildman–Crippen LogP) is 7.15. The van der Waals surface area contributed by atoms with E-state index in [1.54, 1.807) is 10.6 Å². The molecular formula is C32H31F3N4O2. The number of imidazole rings is 1. The SMILES string of the molecule is CCCc1cn(C(C)c2nc3ccccc3c(=O)n2-c2ccc(OCC)cc2)c(Cc2ccc(C(F)(F)F)cc2)n1. The lowest BCUT2D eigenvalue weighted by Gasteiger charge is -2.21. The number of ether oxygens (including phenoxy) is 1. The second kappa shape index (κ2) is 11.6. The van der Waals surface area contributed by atoms with Crippen LogP contribution < -0.4 is 10.3 Å². The summed E-state index contributed by atoms with van der Waals surface area (Å²) < 4.78 is 48.5. The van der Waals surface area contributed by atoms with Gasteiger partial charge < -0.3 is 9.30 Å². The summed E-state index contributed by atoms with van der Waals surface area (Å²) in [4.78, 5) is 23.7. The zero-order valence-electron chi connectivity index (χ0n) is 23.2. The fourth-order valence-corrected chi connectivity index (χ4v) is 4.99. The molecular weight excluding hydrogens is 529 g/mol. The molecule has 1 atom stereocenters. The molecule has 0 bridgehead atoms. The molecule has 9 heteroatoms. The van der Waals surface area contributed by atoms with Crippen molar-refractivity contribution >= 4 is 10.9 Å². The smallest absolute Gasteiger partial charge is 0.416 e. The molecule has 0 fully saturated rings. The quantitative estimate of drug-likeness (QED) is 0.192. The first-order chi connectivity index (χ1) is 19.7. The van der Waals surface area contributed by atoms with Gasteiger partial charge in [-0.05, 0) is 74.4 Å². The molecule has 212 valence electrons. The van der Waals surface area contributed by atoms with E-state index in [-0.39, 0.29) is 5.56 Å². The highest BCUT2D eigenvalue weighted by molar-refractivity contribution is 5.78. The normalized spacial score (nSPS) is 12.5. The molecule has 0 amide bonds. The third-order valence-corrected chi connectivity index (χ3v) is 7.01. The number of aromatic nitrogens is 4. The molecule has 5 aromatic rings. The molecule has 0 N–H and O–H groups in total. The van der Waals surface area contributed by atoms with Gasteiger partial charge in [-0.15, -0.1) is 0 Å². The van der Waals surface area contributed by atoms with Gasteiger partial charge in [0, 0.05) is 12.6 Å². The lowest BCUT2D eigenvalue weighted by Crippen LogP contribution is -2.27. The van der Waals surface area contributed by atoms with Crippen molar-refractivity contribution in [3.8, 4) is 11.4 Å². The monoisotopic (exact) mass is 560 g/mol. The maximum Gasteiger partial charge on any atom is 0.416 e. The zero-order chi connectivity index (χ0) is 29.1. The predicted molar refractivity (Wildman–Crippen MR) is 153 cm³/mol. The van der Waals surface area contributed by atoms with Crippen LogP contribution in [0.1, 0.15) is 61.7 Å². The van der Waals surface area contributed by atoms with Gasteiger partial charge >= 0.3 is 6.18 Å². The summed E-state index contributed by atoms with van der Waals surface area (Å²) in [5.74, 6) is 1.90. The van der Waals surface area contributed by atoms with E-state index in [1.165, 1.54) is 12.1 Å². The minimum atomic E-state index is -4.40. The van der Waals surface area contributed by atoms with E-state index in [2.05, 4.69) is 6.92 Å². The van der Waals surface area contributed by atoms with E-state index >= 15 is 0 Å². The molecule has 2 heterocycles. The first-order valence-electron chi connectivity index (χ1n) is 13.7. The molecule has 0 aliphatic rings. The molecule has 5 rings (SSSR count). The van der Waals surface area contributed by atoms with Crippen LogP contribution in [0.15, 0.2) is 83.8 Å². The summed E-state index contributed by atoms with van der Waals surface area (Å²) in [6, 6.07) is 19.3. The third-order valence-electron chi connectivity index (χ3n) is 7.01. The Morgan fingerprint density at radius 3 is 2.29 bits per heavy atom. The number of hydrogen-bond donors (Lipinski definition) is 0. The van der Waals surface area contributed by atoms with Crippen LogP contribution in [0.25, 0.3) is 16.6 Å². The minimum absolute atomic E-state index is 0.195. The molecule has 41 heavy (non-hydrogen) atoms. The molecule has 0 aliphatic heterocycles. The van der Waals surface area contributed by atoms with Crippen LogP contribution in [0.2, 0.25) is 0 Å². The highest BCUT2D eigenvalue weighted by atomic mass is 19.4. The van der Waals surface area contributed by atoms with Crippen molar-refractivity contribution in [2.75, 3.05) is 6.61 Å². The standard InChI is InChI=1S/C32H31F3N4O2/c1-4-8-24-20-38(29(36-24)19-22-11-13-23(14-12-22)32(33,34)35)21(3)30-37-28-10-7-6-9-27(28)31(40)39(30)25-15-17-26(18-16-25)41-5-2/h6-7,9-18,20-21H,4-5,8,19H2,1-3H3. The van der Waals surface area contributed by atoms with E-state index in [0.717, 1.165) is 30.7 Å². The maximum atomic E-state index is 13.9. The number of nitrogens with zero attached hydrogens (tertiary/aromatic N) is 4. The molecule has 0 aliphatic carbocycles. The number of alkyl halides is 3. The zero-order valence-corrected chi connectivity index (χ0v) is 23.2. The molecule has 3 aromatic carbocycles. The van der Waals surface area contributed by atoms with Gasteiger partial charge in [0.1, 0.15) is 17.4 Å². The fourth-order valence-electron chi connectivity index (χ4n) is 4.99. The van der Waals surface area contributed by atoms with Crippen LogP contribution in [0, 0.1) is 0 Å². The van der Waals surface area contributed by atoms with Crippen LogP contribution in [0.5, 0.6) is 5.75 Å². The van der Waals surface area contributed by atoms with Crippen LogP contribution in [0.3, 0.4) is 0 Å². The Morgan fingerprint density at radius 1 is 0.927 bits per heavy atom. The van der Waals surface area contributed by atoms with E-state index in [4.69, 9.17) is 14.7 Å². The Kier molecular flexibility index (Phi) is 7.97. The lowest BCUT2D eigenvalue weighted by molar-refractivity contribution is -0.137. The Bertz CT molecular complexity index is 1710. The first kappa shape index (κ1) is 28.1. The van der Waals surface area contributed by atoms with Crippen molar-refractivity contribution in [1.82, 2.24) is 19.1 Å². The van der Waals surface area contributed by atoms with Crippen LogP contribution >= 0.6 is 0 Å². The number of para-hydroxylation sites is 1. The third kappa shape index (κ3) is 5.89. The van der Waals surface area contributed by atoms with Crippen molar-refractivity contribution in [2.45, 2.75) is 52.3 Å². The summed E-state index contributed by atoms with van der Waals surface area (Å²) in [5, 5.41) is 0.500. The topological polar surface area (TPSA) is 61.9 Å². The molecule has 1 unspecified atom stereocenters. The summed E-state index contributed by atoms with van der Waals surface area (Å²) in [6.07, 6.45) is -0.483. The van der Waals surface area contributed by atoms with E-state index in [0.29, 0.717) is 52.6 Å². The van der Waals surface area contributed by atoms with Crippen molar-refractivity contribution in [3.05, 3.63) is 118 Å². The second-order valence-corrected chi connectivity index (χ2v) is 9.91. The average molecular weight is 561 g/mol. The second-order valence-electron chi connectivity index (χ2n) is 9.91. The van der Waals surface area contributed by atoms with Gasteiger partial charge in [0.05, 0.1) is 40.5 Å². The summed E-state index contributed by atoms with van der Waals surface area (Å²) in [7, 11) is 0. The molecule has 2 aromatic heterocycles. The van der Waals surface area contributed by atoms with Crippen LogP contribution in [-0.2, 0) is 19.0 Å². The number of hydrogen-bond acceptors (Lipinski definition) is 4. The number of fused-ring (bicyclic) bond motifs is 1. The Hall–Kier alpha value is -4.40. The fraction of sp³-hybridized carbons (Fsp3) is 0.281. The number of rotatable bonds is 9. The van der Waals surface area contributed by atoms with Crippen molar-refractivity contribution in [2.24, 2.45) is 0 Å². The largest absolute Gasteiger partial charge is 0.494 e. The van der Waals surface area contributed by atoms with Crippen LogP contribution in [-0.4, -0.2) is 25.7 Å². The number of aryl methyl sites for hydroxylation is 1. The minimum Gasteiger partial charge on any atom is -0.494 e. The van der Waals surface area contributed by atoms with Gasteiger partial charge in [-0.25, -0.2) is 9.97 Å². The van der Waals surface area contributed by atoms with Gasteiger partial charge in [-0.1, -0.05) is 37.6 Å². The maximum absolute atomic E-state index is 13.9. The van der Waals surface area contributed by atoms with Gasteiger partial charge in [-0.3, -0.25) is 9.36 Å².